The highest BCUT2D eigenvalue weighted by Gasteiger charge is 1.97. The van der Waals surface area contributed by atoms with Crippen molar-refractivity contribution in [2.45, 2.75) is 0 Å². The smallest absolute Gasteiger partial charge is 0.128 e. The number of methoxy groups -OCH3 is 1. The summed E-state index contributed by atoms with van der Waals surface area (Å²) in [5, 5.41) is 0.865. The van der Waals surface area contributed by atoms with Gasteiger partial charge in [0.25, 0.3) is 0 Å². The molecule has 3 heteroatoms. The molecule has 0 bridgehead atoms. The Morgan fingerprint density at radius 2 is 2.20 bits per heavy atom. The molecule has 0 N–H and O–H groups in total. The van der Waals surface area contributed by atoms with Crippen LogP contribution in [0.1, 0.15) is 0 Å². The van der Waals surface area contributed by atoms with Gasteiger partial charge in [-0.25, -0.2) is 4.39 Å². The second kappa shape index (κ2) is 2.98. The van der Waals surface area contributed by atoms with Gasteiger partial charge in [0.2, 0.25) is 0 Å². The van der Waals surface area contributed by atoms with Crippen LogP contribution in [0.15, 0.2) is 18.2 Å². The molecule has 1 unspecified atom stereocenters. The Bertz CT molecular complexity index is 237. The molecule has 1 rings (SSSR count). The molecule has 0 amide bonds. The summed E-state index contributed by atoms with van der Waals surface area (Å²) in [5.74, 6) is 0.285. The first-order chi connectivity index (χ1) is 4.74. The maximum absolute atomic E-state index is 12.4. The first kappa shape index (κ1) is 7.49. The van der Waals surface area contributed by atoms with E-state index in [1.165, 1.54) is 19.2 Å². The Kier molecular flexibility index (Phi) is 2.23. The van der Waals surface area contributed by atoms with Crippen molar-refractivity contribution in [1.29, 1.82) is 0 Å². The topological polar surface area (TPSA) is 9.23 Å². The van der Waals surface area contributed by atoms with E-state index in [4.69, 9.17) is 4.74 Å². The van der Waals surface area contributed by atoms with Crippen LogP contribution in [0.4, 0.5) is 4.39 Å². The van der Waals surface area contributed by atoms with E-state index in [1.54, 1.807) is 6.07 Å². The van der Waals surface area contributed by atoms with Crippen molar-refractivity contribution in [3.05, 3.63) is 24.0 Å². The molecule has 0 aromatic heterocycles. The minimum absolute atomic E-state index is 0.275. The number of halogens is 1. The summed E-state index contributed by atoms with van der Waals surface area (Å²) in [5.41, 5.74) is 0. The quantitative estimate of drug-likeness (QED) is 0.560. The molecule has 54 valence electrons. The molecule has 0 aliphatic carbocycles. The Morgan fingerprint density at radius 3 is 2.70 bits per heavy atom. The zero-order valence-electron chi connectivity index (χ0n) is 5.60. The fourth-order valence-electron chi connectivity index (χ4n) is 0.685. The van der Waals surface area contributed by atoms with E-state index < -0.39 is 0 Å². The molecule has 1 aromatic carbocycles. The lowest BCUT2D eigenvalue weighted by Gasteiger charge is -2.01. The van der Waals surface area contributed by atoms with Gasteiger partial charge in [0.1, 0.15) is 11.6 Å². The molecular weight excluding hydrogens is 150 g/mol. The predicted molar refractivity (Wildman–Crippen MR) is 42.3 cm³/mol. The van der Waals surface area contributed by atoms with Crippen LogP contribution >= 0.6 is 9.24 Å². The van der Waals surface area contributed by atoms with Gasteiger partial charge in [-0.2, -0.15) is 0 Å². The van der Waals surface area contributed by atoms with Crippen molar-refractivity contribution in [2.75, 3.05) is 7.11 Å². The number of hydrogen-bond acceptors (Lipinski definition) is 1. The number of rotatable bonds is 1. The van der Waals surface area contributed by atoms with E-state index in [2.05, 4.69) is 9.24 Å². The Hall–Kier alpha value is -0.620. The van der Waals surface area contributed by atoms with Gasteiger partial charge in [-0.3, -0.25) is 0 Å². The lowest BCUT2D eigenvalue weighted by Crippen LogP contribution is -1.97. The highest BCUT2D eigenvalue weighted by Crippen LogP contribution is 2.11. The summed E-state index contributed by atoms with van der Waals surface area (Å²) in [6.07, 6.45) is 0. The summed E-state index contributed by atoms with van der Waals surface area (Å²) in [7, 11) is 3.98. The number of hydrogen-bond donors (Lipinski definition) is 0. The van der Waals surface area contributed by atoms with Crippen LogP contribution < -0.4 is 10.0 Å². The maximum Gasteiger partial charge on any atom is 0.128 e. The van der Waals surface area contributed by atoms with Gasteiger partial charge in [0.05, 0.1) is 7.11 Å². The van der Waals surface area contributed by atoms with Crippen LogP contribution in [0, 0.1) is 5.82 Å². The van der Waals surface area contributed by atoms with Crippen molar-refractivity contribution in [2.24, 2.45) is 0 Å². The minimum atomic E-state index is -0.275. The van der Waals surface area contributed by atoms with Crippen molar-refractivity contribution >= 4 is 14.5 Å². The molecule has 0 spiro atoms. The van der Waals surface area contributed by atoms with Crippen LogP contribution in [0.25, 0.3) is 0 Å². The predicted octanol–water partition coefficient (Wildman–Crippen LogP) is 1.33. The van der Waals surface area contributed by atoms with Crippen LogP contribution in [0.3, 0.4) is 0 Å². The van der Waals surface area contributed by atoms with E-state index >= 15 is 0 Å². The van der Waals surface area contributed by atoms with E-state index in [1.807, 2.05) is 0 Å². The van der Waals surface area contributed by atoms with Crippen LogP contribution in [-0.4, -0.2) is 7.11 Å². The second-order valence-corrected chi connectivity index (χ2v) is 2.51. The maximum atomic E-state index is 12.4. The number of ether oxygens (including phenoxy) is 1. The third-order valence-electron chi connectivity index (χ3n) is 1.20. The Balaban J connectivity index is 3.09. The van der Waals surface area contributed by atoms with E-state index in [0.29, 0.717) is 5.75 Å². The van der Waals surface area contributed by atoms with E-state index in [9.17, 15) is 4.39 Å². The van der Waals surface area contributed by atoms with Gasteiger partial charge in [0, 0.05) is 11.4 Å². The average Bonchev–Trinajstić information content (AvgIpc) is 1.94. The molecule has 1 atom stereocenters. The molecule has 10 heavy (non-hydrogen) atoms. The van der Waals surface area contributed by atoms with Gasteiger partial charge < -0.3 is 4.74 Å². The summed E-state index contributed by atoms with van der Waals surface area (Å²) in [6.45, 7) is 0. The van der Waals surface area contributed by atoms with Crippen molar-refractivity contribution in [1.82, 2.24) is 0 Å². The molecule has 0 heterocycles. The monoisotopic (exact) mass is 158 g/mol. The first-order valence-electron chi connectivity index (χ1n) is 2.83. The van der Waals surface area contributed by atoms with E-state index in [0.717, 1.165) is 5.30 Å². The lowest BCUT2D eigenvalue weighted by atomic mass is 10.3. The highest BCUT2D eigenvalue weighted by molar-refractivity contribution is 7.27. The summed E-state index contributed by atoms with van der Waals surface area (Å²) in [4.78, 5) is 0. The Labute approximate surface area is 61.4 Å². The molecule has 0 aliphatic rings. The fourth-order valence-corrected chi connectivity index (χ4v) is 0.982. The van der Waals surface area contributed by atoms with Gasteiger partial charge >= 0.3 is 0 Å². The summed E-state index contributed by atoms with van der Waals surface area (Å²) < 4.78 is 17.3. The molecule has 0 fully saturated rings. The molecular formula is C7H8FOP. The van der Waals surface area contributed by atoms with Crippen molar-refractivity contribution in [3.8, 4) is 5.75 Å². The molecule has 0 saturated carbocycles. The van der Waals surface area contributed by atoms with E-state index in [-0.39, 0.29) is 5.82 Å². The normalized spacial score (nSPS) is 9.50. The summed E-state index contributed by atoms with van der Waals surface area (Å²) in [6, 6.07) is 4.39. The van der Waals surface area contributed by atoms with Crippen LogP contribution in [-0.2, 0) is 0 Å². The minimum Gasteiger partial charge on any atom is -0.496 e. The number of benzene rings is 1. The first-order valence-corrected chi connectivity index (χ1v) is 3.41. The zero-order valence-corrected chi connectivity index (χ0v) is 6.75. The third kappa shape index (κ3) is 1.45. The molecule has 1 nitrogen and oxygen atoms in total. The van der Waals surface area contributed by atoms with Crippen molar-refractivity contribution in [3.63, 3.8) is 0 Å². The molecule has 0 saturated heterocycles. The molecule has 1 aromatic rings. The molecule has 0 radical (unpaired) electrons. The van der Waals surface area contributed by atoms with Crippen LogP contribution in [0.2, 0.25) is 0 Å². The Morgan fingerprint density at radius 1 is 1.50 bits per heavy atom. The third-order valence-corrected chi connectivity index (χ3v) is 1.67. The lowest BCUT2D eigenvalue weighted by molar-refractivity contribution is 0.415. The van der Waals surface area contributed by atoms with Gasteiger partial charge in [-0.05, 0) is 12.1 Å². The standard InChI is InChI=1S/C7H8FOP/c1-9-6-4-5(8)2-3-7(6)10/h2-4H,10H2,1H3. The largest absolute Gasteiger partial charge is 0.496 e. The van der Waals surface area contributed by atoms with Gasteiger partial charge in [-0.15, -0.1) is 9.24 Å². The van der Waals surface area contributed by atoms with Crippen LogP contribution in [0.5, 0.6) is 5.75 Å². The fraction of sp³-hybridized carbons (Fsp3) is 0.143. The van der Waals surface area contributed by atoms with Gasteiger partial charge in [0.15, 0.2) is 0 Å². The van der Waals surface area contributed by atoms with Gasteiger partial charge in [-0.1, -0.05) is 0 Å². The SMILES string of the molecule is COc1cc(F)ccc1P. The average molecular weight is 158 g/mol. The highest BCUT2D eigenvalue weighted by atomic mass is 31.0. The second-order valence-electron chi connectivity index (χ2n) is 1.89. The molecule has 0 aliphatic heterocycles. The van der Waals surface area contributed by atoms with Crippen molar-refractivity contribution < 1.29 is 9.13 Å². The summed E-state index contributed by atoms with van der Waals surface area (Å²) >= 11 is 0. The zero-order chi connectivity index (χ0) is 7.56.